The van der Waals surface area contributed by atoms with Gasteiger partial charge in [-0.1, -0.05) is 42.5 Å². The summed E-state index contributed by atoms with van der Waals surface area (Å²) in [5, 5.41) is 2.84. The van der Waals surface area contributed by atoms with E-state index in [0.29, 0.717) is 16.7 Å². The number of rotatable bonds is 6. The Morgan fingerprint density at radius 1 is 0.897 bits per heavy atom. The maximum absolute atomic E-state index is 12.5. The van der Waals surface area contributed by atoms with Crippen LogP contribution in [-0.4, -0.2) is 17.1 Å². The van der Waals surface area contributed by atoms with E-state index in [2.05, 4.69) is 41.5 Å². The highest BCUT2D eigenvalue weighted by Crippen LogP contribution is 2.22. The Labute approximate surface area is 169 Å². The van der Waals surface area contributed by atoms with Gasteiger partial charge in [-0.05, 0) is 43.3 Å². The fourth-order valence-electron chi connectivity index (χ4n) is 3.59. The molecular formula is C24H24N3O2+. The summed E-state index contributed by atoms with van der Waals surface area (Å²) in [6.45, 7) is 2.06. The topological polar surface area (TPSA) is 71.6 Å². The lowest BCUT2D eigenvalue weighted by atomic mass is 9.97. The zero-order valence-electron chi connectivity index (χ0n) is 16.5. The highest BCUT2D eigenvalue weighted by Gasteiger charge is 2.23. The van der Waals surface area contributed by atoms with E-state index in [1.165, 1.54) is 5.56 Å². The van der Waals surface area contributed by atoms with Gasteiger partial charge in [-0.3, -0.25) is 4.79 Å². The Morgan fingerprint density at radius 2 is 1.55 bits per heavy atom. The van der Waals surface area contributed by atoms with Crippen molar-refractivity contribution >= 4 is 10.9 Å². The molecular weight excluding hydrogens is 362 g/mol. The van der Waals surface area contributed by atoms with Crippen LogP contribution >= 0.6 is 0 Å². The van der Waals surface area contributed by atoms with Crippen molar-refractivity contribution in [2.24, 2.45) is 0 Å². The van der Waals surface area contributed by atoms with Gasteiger partial charge >= 0.3 is 0 Å². The van der Waals surface area contributed by atoms with Crippen molar-refractivity contribution in [1.82, 2.24) is 9.97 Å². The second-order valence-corrected chi connectivity index (χ2v) is 7.11. The number of ether oxygens (including phenoxy) is 1. The first kappa shape index (κ1) is 18.9. The summed E-state index contributed by atoms with van der Waals surface area (Å²) in [4.78, 5) is 20.1. The number of nitrogens with one attached hydrogen (secondary N) is 1. The number of quaternary nitrogens is 1. The van der Waals surface area contributed by atoms with Gasteiger partial charge in [0, 0.05) is 11.1 Å². The number of hydrogen-bond donors (Lipinski definition) is 2. The molecule has 0 saturated carbocycles. The number of fused-ring (bicyclic) bond motifs is 1. The van der Waals surface area contributed by atoms with Crippen LogP contribution in [0.4, 0.5) is 0 Å². The molecule has 1 aromatic heterocycles. The number of aromatic amines is 1. The SMILES string of the molecule is COc1ccc([C@H]([NH2+][C@H](C)c2nc3ccccc3c(=O)[nH]2)c2ccccc2)cc1. The Kier molecular flexibility index (Phi) is 5.40. The van der Waals surface area contributed by atoms with Crippen LogP contribution in [0.3, 0.4) is 0 Å². The Bertz CT molecular complexity index is 1150. The number of H-pyrrole nitrogens is 1. The molecule has 1 heterocycles. The molecule has 0 bridgehead atoms. The number of nitrogens with two attached hydrogens (primary N) is 1. The van der Waals surface area contributed by atoms with Gasteiger partial charge in [0.05, 0.1) is 18.0 Å². The minimum atomic E-state index is -0.105. The van der Waals surface area contributed by atoms with Crippen LogP contribution in [0.5, 0.6) is 5.75 Å². The minimum absolute atomic E-state index is 0.0420. The molecule has 4 rings (SSSR count). The molecule has 29 heavy (non-hydrogen) atoms. The molecule has 0 aliphatic rings. The highest BCUT2D eigenvalue weighted by molar-refractivity contribution is 5.77. The molecule has 0 aliphatic carbocycles. The summed E-state index contributed by atoms with van der Waals surface area (Å²) in [7, 11) is 1.67. The van der Waals surface area contributed by atoms with E-state index in [9.17, 15) is 4.79 Å². The van der Waals surface area contributed by atoms with Crippen molar-refractivity contribution in [1.29, 1.82) is 0 Å². The van der Waals surface area contributed by atoms with E-state index in [-0.39, 0.29) is 17.6 Å². The molecule has 0 radical (unpaired) electrons. The molecule has 2 atom stereocenters. The van der Waals surface area contributed by atoms with E-state index in [1.54, 1.807) is 13.2 Å². The van der Waals surface area contributed by atoms with Crippen LogP contribution in [0.25, 0.3) is 10.9 Å². The lowest BCUT2D eigenvalue weighted by molar-refractivity contribution is -0.724. The summed E-state index contributed by atoms with van der Waals surface area (Å²) in [5.41, 5.74) is 2.96. The first-order valence-electron chi connectivity index (χ1n) is 9.68. The second-order valence-electron chi connectivity index (χ2n) is 7.11. The second kappa shape index (κ2) is 8.29. The summed E-state index contributed by atoms with van der Waals surface area (Å²) in [5.74, 6) is 1.50. The monoisotopic (exact) mass is 386 g/mol. The number of methoxy groups -OCH3 is 1. The van der Waals surface area contributed by atoms with Crippen LogP contribution in [0.15, 0.2) is 83.7 Å². The number of hydrogen-bond acceptors (Lipinski definition) is 3. The molecule has 0 unspecified atom stereocenters. The van der Waals surface area contributed by atoms with Gasteiger partial charge in [-0.15, -0.1) is 0 Å². The van der Waals surface area contributed by atoms with Gasteiger partial charge in [0.1, 0.15) is 17.8 Å². The van der Waals surface area contributed by atoms with Gasteiger partial charge < -0.3 is 15.0 Å². The van der Waals surface area contributed by atoms with Crippen molar-refractivity contribution in [3.63, 3.8) is 0 Å². The number of para-hydroxylation sites is 1. The molecule has 0 amide bonds. The van der Waals surface area contributed by atoms with Crippen LogP contribution < -0.4 is 15.6 Å². The van der Waals surface area contributed by atoms with Crippen LogP contribution in [0.2, 0.25) is 0 Å². The molecule has 0 spiro atoms. The highest BCUT2D eigenvalue weighted by atomic mass is 16.5. The standard InChI is InChI=1S/C24H23N3O2/c1-16(23-26-21-11-7-6-10-20(21)24(28)27-23)25-22(17-8-4-3-5-9-17)18-12-14-19(29-2)15-13-18/h3-16,22,25H,1-2H3,(H,26,27,28)/p+1/t16-,22-/m1/s1. The summed E-state index contributed by atoms with van der Waals surface area (Å²) >= 11 is 0. The first-order chi connectivity index (χ1) is 14.2. The molecule has 3 aromatic carbocycles. The average Bonchev–Trinajstić information content (AvgIpc) is 2.78. The average molecular weight is 386 g/mol. The minimum Gasteiger partial charge on any atom is -0.497 e. The molecule has 5 nitrogen and oxygen atoms in total. The predicted octanol–water partition coefficient (Wildman–Crippen LogP) is 3.35. The van der Waals surface area contributed by atoms with E-state index in [0.717, 1.165) is 11.3 Å². The molecule has 0 fully saturated rings. The largest absolute Gasteiger partial charge is 0.497 e. The fraction of sp³-hybridized carbons (Fsp3) is 0.167. The van der Waals surface area contributed by atoms with Gasteiger partial charge in [0.25, 0.3) is 5.56 Å². The lowest BCUT2D eigenvalue weighted by Gasteiger charge is -2.21. The zero-order valence-corrected chi connectivity index (χ0v) is 16.5. The predicted molar refractivity (Wildman–Crippen MR) is 114 cm³/mol. The summed E-state index contributed by atoms with van der Waals surface area (Å²) in [6, 6.07) is 25.9. The Hall–Kier alpha value is -3.44. The molecule has 5 heteroatoms. The maximum atomic E-state index is 12.5. The van der Waals surface area contributed by atoms with Gasteiger partial charge in [-0.2, -0.15) is 0 Å². The van der Waals surface area contributed by atoms with Crippen molar-refractivity contribution < 1.29 is 10.1 Å². The van der Waals surface area contributed by atoms with Crippen molar-refractivity contribution in [2.45, 2.75) is 19.0 Å². The molecule has 146 valence electrons. The lowest BCUT2D eigenvalue weighted by Crippen LogP contribution is -2.86. The third kappa shape index (κ3) is 4.05. The van der Waals surface area contributed by atoms with E-state index in [1.807, 2.05) is 48.5 Å². The van der Waals surface area contributed by atoms with Gasteiger partial charge in [0.15, 0.2) is 5.82 Å². The quantitative estimate of drug-likeness (QED) is 0.534. The van der Waals surface area contributed by atoms with Gasteiger partial charge in [-0.25, -0.2) is 4.98 Å². The number of benzene rings is 3. The van der Waals surface area contributed by atoms with Crippen LogP contribution in [0.1, 0.15) is 36.0 Å². The number of aromatic nitrogens is 2. The molecule has 4 aromatic rings. The molecule has 0 saturated heterocycles. The third-order valence-corrected chi connectivity index (χ3v) is 5.18. The van der Waals surface area contributed by atoms with Crippen molar-refractivity contribution in [3.8, 4) is 5.75 Å². The Morgan fingerprint density at radius 3 is 2.28 bits per heavy atom. The smallest absolute Gasteiger partial charge is 0.258 e. The van der Waals surface area contributed by atoms with Crippen molar-refractivity contribution in [2.75, 3.05) is 7.11 Å². The fourth-order valence-corrected chi connectivity index (χ4v) is 3.59. The van der Waals surface area contributed by atoms with Crippen LogP contribution in [0, 0.1) is 0 Å². The van der Waals surface area contributed by atoms with Gasteiger partial charge in [0.2, 0.25) is 0 Å². The van der Waals surface area contributed by atoms with E-state index in [4.69, 9.17) is 9.72 Å². The summed E-state index contributed by atoms with van der Waals surface area (Å²) < 4.78 is 5.30. The summed E-state index contributed by atoms with van der Waals surface area (Å²) in [6.07, 6.45) is 0. The van der Waals surface area contributed by atoms with Crippen molar-refractivity contribution in [3.05, 3.63) is 106 Å². The zero-order chi connectivity index (χ0) is 20.2. The van der Waals surface area contributed by atoms with E-state index < -0.39 is 0 Å². The Balaban J connectivity index is 1.69. The third-order valence-electron chi connectivity index (χ3n) is 5.18. The first-order valence-corrected chi connectivity index (χ1v) is 9.68. The maximum Gasteiger partial charge on any atom is 0.258 e. The molecule has 3 N–H and O–H groups in total. The number of nitrogens with zero attached hydrogens (tertiary/aromatic N) is 1. The van der Waals surface area contributed by atoms with Crippen LogP contribution in [-0.2, 0) is 0 Å². The normalized spacial score (nSPS) is 13.2. The molecule has 0 aliphatic heterocycles. The van der Waals surface area contributed by atoms with E-state index >= 15 is 0 Å².